The van der Waals surface area contributed by atoms with Crippen LogP contribution in [0.4, 0.5) is 0 Å². The molecular weight excluding hydrogens is 292 g/mol. The van der Waals surface area contributed by atoms with Gasteiger partial charge in [0, 0.05) is 16.7 Å². The molecule has 2 heterocycles. The maximum atomic E-state index is 12.1. The fraction of sp³-hybridized carbons (Fsp3) is 0.462. The molecule has 3 N–H and O–H groups in total. The number of nitrogens with two attached hydrogens (primary N) is 1. The van der Waals surface area contributed by atoms with Gasteiger partial charge in [0.2, 0.25) is 0 Å². The molecule has 0 radical (unpaired) electrons. The molecule has 0 spiro atoms. The highest BCUT2D eigenvalue weighted by molar-refractivity contribution is 8.00. The first-order chi connectivity index (χ1) is 9.83. The molecule has 0 aliphatic heterocycles. The van der Waals surface area contributed by atoms with Crippen LogP contribution >= 0.6 is 11.8 Å². The Balaban J connectivity index is 2.04. The van der Waals surface area contributed by atoms with E-state index in [9.17, 15) is 9.59 Å². The highest BCUT2D eigenvalue weighted by Crippen LogP contribution is 2.27. The van der Waals surface area contributed by atoms with E-state index in [4.69, 9.17) is 10.8 Å². The van der Waals surface area contributed by atoms with Crippen molar-refractivity contribution in [3.63, 3.8) is 0 Å². The SMILES string of the molecule is CC(C)(SCCn1nc2ccccn2c1=O)[C@H](N)C(=O)O. The van der Waals surface area contributed by atoms with Crippen LogP contribution in [0.5, 0.6) is 0 Å². The van der Waals surface area contributed by atoms with Crippen LogP contribution in [-0.4, -0.2) is 41.8 Å². The zero-order chi connectivity index (χ0) is 15.6. The number of aromatic nitrogens is 3. The van der Waals surface area contributed by atoms with Crippen molar-refractivity contribution in [3.05, 3.63) is 34.9 Å². The van der Waals surface area contributed by atoms with Crippen molar-refractivity contribution in [1.82, 2.24) is 14.2 Å². The third kappa shape index (κ3) is 3.27. The lowest BCUT2D eigenvalue weighted by atomic mass is 10.1. The largest absolute Gasteiger partial charge is 0.480 e. The minimum absolute atomic E-state index is 0.202. The second kappa shape index (κ2) is 5.90. The maximum absolute atomic E-state index is 12.1. The van der Waals surface area contributed by atoms with E-state index >= 15 is 0 Å². The van der Waals surface area contributed by atoms with E-state index in [-0.39, 0.29) is 5.69 Å². The van der Waals surface area contributed by atoms with E-state index in [2.05, 4.69) is 5.10 Å². The van der Waals surface area contributed by atoms with Gasteiger partial charge in [0.1, 0.15) is 6.04 Å². The van der Waals surface area contributed by atoms with Crippen LogP contribution in [0.2, 0.25) is 0 Å². The average molecular weight is 310 g/mol. The molecule has 1 atom stereocenters. The molecule has 2 rings (SSSR count). The summed E-state index contributed by atoms with van der Waals surface area (Å²) in [6, 6.07) is 4.38. The first-order valence-corrected chi connectivity index (χ1v) is 7.48. The average Bonchev–Trinajstić information content (AvgIpc) is 2.75. The van der Waals surface area contributed by atoms with Crippen molar-refractivity contribution in [2.24, 2.45) is 5.73 Å². The molecule has 0 aliphatic carbocycles. The molecule has 0 aromatic carbocycles. The molecule has 0 amide bonds. The molecule has 7 nitrogen and oxygen atoms in total. The van der Waals surface area contributed by atoms with Gasteiger partial charge in [-0.3, -0.25) is 9.20 Å². The Kier molecular flexibility index (Phi) is 4.38. The molecule has 8 heteroatoms. The van der Waals surface area contributed by atoms with Gasteiger partial charge >= 0.3 is 11.7 Å². The van der Waals surface area contributed by atoms with Crippen LogP contribution in [0.1, 0.15) is 13.8 Å². The summed E-state index contributed by atoms with van der Waals surface area (Å²) in [6.45, 7) is 3.97. The van der Waals surface area contributed by atoms with Crippen molar-refractivity contribution in [3.8, 4) is 0 Å². The van der Waals surface area contributed by atoms with Gasteiger partial charge < -0.3 is 10.8 Å². The second-order valence-corrected chi connectivity index (χ2v) is 6.95. The minimum atomic E-state index is -1.03. The second-order valence-electron chi connectivity index (χ2n) is 5.20. The number of fused-ring (bicyclic) bond motifs is 1. The fourth-order valence-corrected chi connectivity index (χ4v) is 2.97. The molecule has 114 valence electrons. The predicted octanol–water partition coefficient (Wildman–Crippen LogP) is 0.420. The van der Waals surface area contributed by atoms with Crippen LogP contribution in [0.3, 0.4) is 0 Å². The zero-order valence-electron chi connectivity index (χ0n) is 11.9. The number of carbonyl (C=O) groups is 1. The molecule has 0 fully saturated rings. The summed E-state index contributed by atoms with van der Waals surface area (Å²) in [5, 5.41) is 13.2. The Morgan fingerprint density at radius 2 is 2.24 bits per heavy atom. The van der Waals surface area contributed by atoms with Crippen molar-refractivity contribution < 1.29 is 9.90 Å². The van der Waals surface area contributed by atoms with Gasteiger partial charge in [-0.25, -0.2) is 9.48 Å². The van der Waals surface area contributed by atoms with E-state index < -0.39 is 16.8 Å². The summed E-state index contributed by atoms with van der Waals surface area (Å²) in [4.78, 5) is 23.0. The molecule has 2 aromatic heterocycles. The van der Waals surface area contributed by atoms with Gasteiger partial charge in [-0.2, -0.15) is 11.8 Å². The van der Waals surface area contributed by atoms with E-state index in [1.165, 1.54) is 20.8 Å². The van der Waals surface area contributed by atoms with Gasteiger partial charge in [0.15, 0.2) is 5.65 Å². The third-order valence-electron chi connectivity index (χ3n) is 3.28. The standard InChI is InChI=1S/C13H18N4O3S/c1-13(2,10(14)11(18)19)21-8-7-17-12(20)16-6-4-3-5-9(16)15-17/h3-6,10H,7-8,14H2,1-2H3,(H,18,19)/t10-/m1/s1. The van der Waals surface area contributed by atoms with E-state index in [1.807, 2.05) is 6.07 Å². The van der Waals surface area contributed by atoms with Gasteiger partial charge in [-0.1, -0.05) is 6.07 Å². The zero-order valence-corrected chi connectivity index (χ0v) is 12.7. The van der Waals surface area contributed by atoms with E-state index in [0.29, 0.717) is 17.9 Å². The number of carboxylic acids is 1. The number of aliphatic carboxylic acids is 1. The number of hydrogen-bond acceptors (Lipinski definition) is 5. The first-order valence-electron chi connectivity index (χ1n) is 6.49. The van der Waals surface area contributed by atoms with Crippen molar-refractivity contribution in [2.45, 2.75) is 31.2 Å². The molecule has 0 saturated carbocycles. The number of hydrogen-bond donors (Lipinski definition) is 2. The summed E-state index contributed by atoms with van der Waals surface area (Å²) in [6.07, 6.45) is 1.67. The van der Waals surface area contributed by atoms with Gasteiger partial charge in [-0.15, -0.1) is 5.10 Å². The molecule has 0 bridgehead atoms. The lowest BCUT2D eigenvalue weighted by Gasteiger charge is -2.27. The highest BCUT2D eigenvalue weighted by atomic mass is 32.2. The normalized spacial score (nSPS) is 13.5. The molecule has 0 aliphatic rings. The number of rotatable bonds is 6. The van der Waals surface area contributed by atoms with E-state index in [0.717, 1.165) is 0 Å². The van der Waals surface area contributed by atoms with Gasteiger partial charge in [0.05, 0.1) is 6.54 Å². The topological polar surface area (TPSA) is 103 Å². The van der Waals surface area contributed by atoms with Crippen molar-refractivity contribution >= 4 is 23.4 Å². The van der Waals surface area contributed by atoms with Crippen LogP contribution in [0, 0.1) is 0 Å². The fourth-order valence-electron chi connectivity index (χ4n) is 1.90. The van der Waals surface area contributed by atoms with Gasteiger partial charge in [0.25, 0.3) is 0 Å². The van der Waals surface area contributed by atoms with Crippen LogP contribution in [0.25, 0.3) is 5.65 Å². The Morgan fingerprint density at radius 3 is 2.86 bits per heavy atom. The van der Waals surface area contributed by atoms with Crippen molar-refractivity contribution in [1.29, 1.82) is 0 Å². The van der Waals surface area contributed by atoms with E-state index in [1.54, 1.807) is 32.2 Å². The highest BCUT2D eigenvalue weighted by Gasteiger charge is 2.32. The lowest BCUT2D eigenvalue weighted by Crippen LogP contribution is -2.47. The number of nitrogens with zero attached hydrogens (tertiary/aromatic N) is 3. The molecule has 0 saturated heterocycles. The Morgan fingerprint density at radius 1 is 1.52 bits per heavy atom. The first kappa shape index (κ1) is 15.6. The van der Waals surface area contributed by atoms with Crippen molar-refractivity contribution in [2.75, 3.05) is 5.75 Å². The lowest BCUT2D eigenvalue weighted by molar-refractivity contribution is -0.139. The Bertz CT molecular complexity index is 707. The Hall–Kier alpha value is -1.80. The molecule has 0 unspecified atom stereocenters. The van der Waals surface area contributed by atoms with Gasteiger partial charge in [-0.05, 0) is 26.0 Å². The van der Waals surface area contributed by atoms with Crippen LogP contribution in [-0.2, 0) is 11.3 Å². The summed E-state index contributed by atoms with van der Waals surface area (Å²) in [5.74, 6) is -0.477. The summed E-state index contributed by atoms with van der Waals surface area (Å²) in [7, 11) is 0. The molecular formula is C13H18N4O3S. The smallest absolute Gasteiger partial charge is 0.350 e. The van der Waals surface area contributed by atoms with Crippen LogP contribution < -0.4 is 11.4 Å². The number of thioether (sulfide) groups is 1. The number of aryl methyl sites for hydroxylation is 1. The minimum Gasteiger partial charge on any atom is -0.480 e. The number of pyridine rings is 1. The molecule has 21 heavy (non-hydrogen) atoms. The summed E-state index contributed by atoms with van der Waals surface area (Å²) >= 11 is 1.41. The van der Waals surface area contributed by atoms with Crippen LogP contribution in [0.15, 0.2) is 29.2 Å². The summed E-state index contributed by atoms with van der Waals surface area (Å²) < 4.78 is 2.23. The number of carboxylic acid groups (broad SMARTS) is 1. The predicted molar refractivity (Wildman–Crippen MR) is 81.6 cm³/mol. The molecule has 2 aromatic rings. The Labute approximate surface area is 125 Å². The monoisotopic (exact) mass is 310 g/mol. The third-order valence-corrected chi connectivity index (χ3v) is 4.67. The maximum Gasteiger partial charge on any atom is 0.350 e. The quantitative estimate of drug-likeness (QED) is 0.801. The summed E-state index contributed by atoms with van der Waals surface area (Å²) in [5.41, 5.74) is 6.05.